The van der Waals surface area contributed by atoms with Crippen LogP contribution in [0.3, 0.4) is 0 Å². The Kier molecular flexibility index (Phi) is 5.32. The van der Waals surface area contributed by atoms with Crippen molar-refractivity contribution in [2.75, 3.05) is 13.1 Å². The first-order valence-corrected chi connectivity index (χ1v) is 5.51. The maximum atomic E-state index is 13.2. The minimum absolute atomic E-state index is 0.105. The molecule has 0 aliphatic rings. The summed E-state index contributed by atoms with van der Waals surface area (Å²) in [6.07, 6.45) is 0. The fourth-order valence-corrected chi connectivity index (χ4v) is 1.22. The van der Waals surface area contributed by atoms with Crippen molar-refractivity contribution in [2.45, 2.75) is 0 Å². The van der Waals surface area contributed by atoms with Gasteiger partial charge in [-0.15, -0.1) is 0 Å². The van der Waals surface area contributed by atoms with Crippen molar-refractivity contribution < 1.29 is 14.0 Å². The molecule has 0 aromatic heterocycles. The standard InChI is InChI=1S/C12H12ClFN2O2/c1-8(13)6-15-11(17)7-16-12(18)9-4-2-3-5-10(9)14/h2-5H,1,6-7H2,(H,15,17)(H,16,18). The third kappa shape index (κ3) is 4.55. The quantitative estimate of drug-likeness (QED) is 0.850. The first-order chi connectivity index (χ1) is 8.50. The monoisotopic (exact) mass is 270 g/mol. The van der Waals surface area contributed by atoms with Crippen LogP contribution in [-0.4, -0.2) is 24.9 Å². The molecule has 1 aromatic carbocycles. The minimum atomic E-state index is -0.645. The van der Waals surface area contributed by atoms with Crippen LogP contribution in [0.2, 0.25) is 0 Å². The molecule has 0 radical (unpaired) electrons. The summed E-state index contributed by atoms with van der Waals surface area (Å²) in [5.74, 6) is -1.71. The lowest BCUT2D eigenvalue weighted by molar-refractivity contribution is -0.119. The van der Waals surface area contributed by atoms with Crippen molar-refractivity contribution in [2.24, 2.45) is 0 Å². The fraction of sp³-hybridized carbons (Fsp3) is 0.167. The van der Waals surface area contributed by atoms with Gasteiger partial charge < -0.3 is 10.6 Å². The van der Waals surface area contributed by atoms with E-state index in [0.717, 1.165) is 0 Å². The van der Waals surface area contributed by atoms with Gasteiger partial charge in [0.1, 0.15) is 5.82 Å². The zero-order valence-electron chi connectivity index (χ0n) is 9.50. The fourth-order valence-electron chi connectivity index (χ4n) is 1.16. The molecule has 0 aliphatic carbocycles. The van der Waals surface area contributed by atoms with Crippen molar-refractivity contribution in [1.82, 2.24) is 10.6 Å². The second-order valence-electron chi connectivity index (χ2n) is 3.46. The summed E-state index contributed by atoms with van der Waals surface area (Å²) >= 11 is 5.46. The number of amides is 2. The number of benzene rings is 1. The summed E-state index contributed by atoms with van der Waals surface area (Å²) in [5, 5.41) is 5.01. The van der Waals surface area contributed by atoms with Crippen molar-refractivity contribution in [3.63, 3.8) is 0 Å². The van der Waals surface area contributed by atoms with E-state index in [9.17, 15) is 14.0 Å². The summed E-state index contributed by atoms with van der Waals surface area (Å²) in [5.41, 5.74) is -0.105. The molecule has 0 heterocycles. The molecule has 1 aromatic rings. The van der Waals surface area contributed by atoms with E-state index in [1.807, 2.05) is 0 Å². The summed E-state index contributed by atoms with van der Waals surface area (Å²) in [6.45, 7) is 3.26. The molecule has 0 fully saturated rings. The van der Waals surface area contributed by atoms with Crippen molar-refractivity contribution >= 4 is 23.4 Å². The van der Waals surface area contributed by atoms with Crippen LogP contribution in [0.15, 0.2) is 35.9 Å². The predicted octanol–water partition coefficient (Wildman–Crippen LogP) is 1.42. The van der Waals surface area contributed by atoms with Crippen LogP contribution in [0.4, 0.5) is 4.39 Å². The molecular formula is C12H12ClFN2O2. The Balaban J connectivity index is 2.45. The summed E-state index contributed by atoms with van der Waals surface area (Å²) in [6, 6.07) is 5.52. The molecule has 1 rings (SSSR count). The lowest BCUT2D eigenvalue weighted by Gasteiger charge is -2.06. The molecule has 0 aliphatic heterocycles. The van der Waals surface area contributed by atoms with E-state index < -0.39 is 17.6 Å². The van der Waals surface area contributed by atoms with E-state index in [1.54, 1.807) is 0 Å². The average Bonchev–Trinajstić information content (AvgIpc) is 2.34. The molecule has 0 saturated heterocycles. The van der Waals surface area contributed by atoms with Gasteiger partial charge in [-0.2, -0.15) is 0 Å². The Hall–Kier alpha value is -1.88. The summed E-state index contributed by atoms with van der Waals surface area (Å²) in [7, 11) is 0. The second kappa shape index (κ2) is 6.76. The highest BCUT2D eigenvalue weighted by Crippen LogP contribution is 2.05. The molecule has 2 amide bonds. The Bertz CT molecular complexity index is 477. The number of hydrogen-bond acceptors (Lipinski definition) is 2. The summed E-state index contributed by atoms with van der Waals surface area (Å²) < 4.78 is 13.2. The lowest BCUT2D eigenvalue weighted by Crippen LogP contribution is -2.37. The van der Waals surface area contributed by atoms with Gasteiger partial charge in [-0.25, -0.2) is 4.39 Å². The van der Waals surface area contributed by atoms with Gasteiger partial charge in [0.25, 0.3) is 5.91 Å². The van der Waals surface area contributed by atoms with Gasteiger partial charge in [0.2, 0.25) is 5.91 Å². The van der Waals surface area contributed by atoms with Gasteiger partial charge in [-0.1, -0.05) is 30.3 Å². The Labute approximate surface area is 109 Å². The highest BCUT2D eigenvalue weighted by atomic mass is 35.5. The van der Waals surface area contributed by atoms with Crippen LogP contribution in [0.25, 0.3) is 0 Å². The van der Waals surface area contributed by atoms with E-state index in [1.165, 1.54) is 24.3 Å². The van der Waals surface area contributed by atoms with Crippen LogP contribution in [0.1, 0.15) is 10.4 Å². The van der Waals surface area contributed by atoms with E-state index in [0.29, 0.717) is 0 Å². The molecule has 0 bridgehead atoms. The number of nitrogens with one attached hydrogen (secondary N) is 2. The largest absolute Gasteiger partial charge is 0.350 e. The zero-order chi connectivity index (χ0) is 13.5. The molecule has 2 N–H and O–H groups in total. The number of hydrogen-bond donors (Lipinski definition) is 2. The molecule has 4 nitrogen and oxygen atoms in total. The topological polar surface area (TPSA) is 58.2 Å². The molecule has 0 spiro atoms. The van der Waals surface area contributed by atoms with Gasteiger partial charge in [0, 0.05) is 5.03 Å². The SMILES string of the molecule is C=C(Cl)CNC(=O)CNC(=O)c1ccccc1F. The van der Waals surface area contributed by atoms with Crippen LogP contribution < -0.4 is 10.6 Å². The number of rotatable bonds is 5. The van der Waals surface area contributed by atoms with Crippen molar-refractivity contribution in [1.29, 1.82) is 0 Å². The number of carbonyl (C=O) groups is 2. The van der Waals surface area contributed by atoms with Gasteiger partial charge in [0.15, 0.2) is 0 Å². The first-order valence-electron chi connectivity index (χ1n) is 5.13. The van der Waals surface area contributed by atoms with Crippen LogP contribution in [-0.2, 0) is 4.79 Å². The average molecular weight is 271 g/mol. The molecule has 96 valence electrons. The third-order valence-electron chi connectivity index (χ3n) is 2.01. The van der Waals surface area contributed by atoms with Crippen LogP contribution >= 0.6 is 11.6 Å². The number of halogens is 2. The van der Waals surface area contributed by atoms with E-state index in [-0.39, 0.29) is 23.7 Å². The minimum Gasteiger partial charge on any atom is -0.350 e. The molecule has 0 unspecified atom stereocenters. The highest BCUT2D eigenvalue weighted by molar-refractivity contribution is 6.29. The maximum Gasteiger partial charge on any atom is 0.254 e. The van der Waals surface area contributed by atoms with E-state index >= 15 is 0 Å². The zero-order valence-corrected chi connectivity index (χ0v) is 10.3. The van der Waals surface area contributed by atoms with Crippen molar-refractivity contribution in [3.8, 4) is 0 Å². The van der Waals surface area contributed by atoms with Crippen LogP contribution in [0, 0.1) is 5.82 Å². The molecule has 6 heteroatoms. The van der Waals surface area contributed by atoms with Gasteiger partial charge in [-0.05, 0) is 12.1 Å². The number of carbonyl (C=O) groups excluding carboxylic acids is 2. The summed E-state index contributed by atoms with van der Waals surface area (Å²) in [4.78, 5) is 22.8. The molecule has 0 atom stereocenters. The first kappa shape index (κ1) is 14.2. The molecule has 18 heavy (non-hydrogen) atoms. The van der Waals surface area contributed by atoms with Crippen molar-refractivity contribution in [3.05, 3.63) is 47.3 Å². The Morgan fingerprint density at radius 2 is 1.89 bits per heavy atom. The normalized spacial score (nSPS) is 9.67. The van der Waals surface area contributed by atoms with E-state index in [2.05, 4.69) is 17.2 Å². The Morgan fingerprint density at radius 1 is 1.22 bits per heavy atom. The van der Waals surface area contributed by atoms with Gasteiger partial charge in [0.05, 0.1) is 18.7 Å². The lowest BCUT2D eigenvalue weighted by atomic mass is 10.2. The van der Waals surface area contributed by atoms with Crippen LogP contribution in [0.5, 0.6) is 0 Å². The van der Waals surface area contributed by atoms with Gasteiger partial charge >= 0.3 is 0 Å². The Morgan fingerprint density at radius 3 is 2.50 bits per heavy atom. The smallest absolute Gasteiger partial charge is 0.254 e. The van der Waals surface area contributed by atoms with E-state index in [4.69, 9.17) is 11.6 Å². The third-order valence-corrected chi connectivity index (χ3v) is 2.14. The highest BCUT2D eigenvalue weighted by Gasteiger charge is 2.11. The predicted molar refractivity (Wildman–Crippen MR) is 66.7 cm³/mol. The molecule has 0 saturated carbocycles. The maximum absolute atomic E-state index is 13.2. The second-order valence-corrected chi connectivity index (χ2v) is 3.99. The van der Waals surface area contributed by atoms with Gasteiger partial charge in [-0.3, -0.25) is 9.59 Å². The molecular weight excluding hydrogens is 259 g/mol.